The standard InChI is InChI=1S/C20H22N2O4/c1-10-2-3-13(18(23)21-14-6-7-14)9-15(10)22-19(24)16-11-4-5-12(8-11)17(16)20(25)26/h2-5,9,11-12,14,16-17H,6-8H2,1H3,(H,21,23)(H,22,24)(H,25,26)/t11-,12-,16+,17+/m0/s1. The largest absolute Gasteiger partial charge is 0.481 e. The summed E-state index contributed by atoms with van der Waals surface area (Å²) in [6.45, 7) is 1.85. The number of aryl methyl sites for hydroxylation is 1. The van der Waals surface area contributed by atoms with Crippen LogP contribution in [0.4, 0.5) is 5.69 Å². The minimum atomic E-state index is -0.920. The van der Waals surface area contributed by atoms with E-state index in [2.05, 4.69) is 10.6 Å². The van der Waals surface area contributed by atoms with Gasteiger partial charge in [-0.15, -0.1) is 0 Å². The van der Waals surface area contributed by atoms with E-state index in [-0.39, 0.29) is 29.7 Å². The first-order valence-electron chi connectivity index (χ1n) is 9.07. The summed E-state index contributed by atoms with van der Waals surface area (Å²) < 4.78 is 0. The zero-order valence-electron chi connectivity index (χ0n) is 14.6. The summed E-state index contributed by atoms with van der Waals surface area (Å²) in [5, 5.41) is 15.3. The van der Waals surface area contributed by atoms with Crippen LogP contribution in [0.1, 0.15) is 35.2 Å². The molecule has 0 heterocycles. The van der Waals surface area contributed by atoms with E-state index in [9.17, 15) is 19.5 Å². The van der Waals surface area contributed by atoms with Crippen LogP contribution >= 0.6 is 0 Å². The molecule has 0 spiro atoms. The Labute approximate surface area is 151 Å². The van der Waals surface area contributed by atoms with Crippen molar-refractivity contribution in [3.63, 3.8) is 0 Å². The van der Waals surface area contributed by atoms with E-state index in [1.165, 1.54) is 0 Å². The highest BCUT2D eigenvalue weighted by Gasteiger charge is 2.51. The first kappa shape index (κ1) is 16.8. The van der Waals surface area contributed by atoms with Gasteiger partial charge in [-0.05, 0) is 55.7 Å². The van der Waals surface area contributed by atoms with Crippen LogP contribution in [0.3, 0.4) is 0 Å². The number of benzene rings is 1. The molecule has 0 aromatic heterocycles. The van der Waals surface area contributed by atoms with E-state index in [0.717, 1.165) is 24.8 Å². The van der Waals surface area contributed by atoms with E-state index in [0.29, 0.717) is 11.3 Å². The zero-order valence-corrected chi connectivity index (χ0v) is 14.6. The van der Waals surface area contributed by atoms with Crippen molar-refractivity contribution in [2.45, 2.75) is 32.2 Å². The predicted molar refractivity (Wildman–Crippen MR) is 95.6 cm³/mol. The van der Waals surface area contributed by atoms with Crippen LogP contribution in [0.5, 0.6) is 0 Å². The van der Waals surface area contributed by atoms with Gasteiger partial charge in [0.25, 0.3) is 5.91 Å². The van der Waals surface area contributed by atoms with E-state index < -0.39 is 17.8 Å². The number of hydrogen-bond acceptors (Lipinski definition) is 3. The van der Waals surface area contributed by atoms with Gasteiger partial charge in [-0.1, -0.05) is 18.2 Å². The Balaban J connectivity index is 1.53. The van der Waals surface area contributed by atoms with Crippen molar-refractivity contribution < 1.29 is 19.5 Å². The number of carbonyl (C=O) groups excluding carboxylic acids is 2. The van der Waals surface area contributed by atoms with Crippen molar-refractivity contribution in [2.75, 3.05) is 5.32 Å². The van der Waals surface area contributed by atoms with Crippen molar-refractivity contribution in [3.05, 3.63) is 41.5 Å². The van der Waals surface area contributed by atoms with Gasteiger partial charge in [-0.2, -0.15) is 0 Å². The van der Waals surface area contributed by atoms with Gasteiger partial charge < -0.3 is 15.7 Å². The average Bonchev–Trinajstić information content (AvgIpc) is 3.17. The number of amides is 2. The third-order valence-corrected chi connectivity index (χ3v) is 5.72. The summed E-state index contributed by atoms with van der Waals surface area (Å²) in [6.07, 6.45) is 6.62. The molecule has 3 aliphatic carbocycles. The maximum absolute atomic E-state index is 12.8. The number of carboxylic acid groups (broad SMARTS) is 1. The van der Waals surface area contributed by atoms with E-state index in [4.69, 9.17) is 0 Å². The fourth-order valence-corrected chi connectivity index (χ4v) is 4.13. The highest BCUT2D eigenvalue weighted by molar-refractivity contribution is 6.00. The van der Waals surface area contributed by atoms with Crippen molar-refractivity contribution in [3.8, 4) is 0 Å². The second-order valence-corrected chi connectivity index (χ2v) is 7.60. The monoisotopic (exact) mass is 354 g/mol. The fraction of sp³-hybridized carbons (Fsp3) is 0.450. The summed E-state index contributed by atoms with van der Waals surface area (Å²) in [6, 6.07) is 5.47. The van der Waals surface area contributed by atoms with Crippen molar-refractivity contribution >= 4 is 23.5 Å². The van der Waals surface area contributed by atoms with Gasteiger partial charge in [-0.25, -0.2) is 0 Å². The van der Waals surface area contributed by atoms with E-state index in [1.54, 1.807) is 18.2 Å². The topological polar surface area (TPSA) is 95.5 Å². The number of hydrogen-bond donors (Lipinski definition) is 3. The number of carbonyl (C=O) groups is 3. The summed E-state index contributed by atoms with van der Waals surface area (Å²) in [5.74, 6) is -2.67. The predicted octanol–water partition coefficient (Wildman–Crippen LogP) is 2.35. The minimum absolute atomic E-state index is 0.0252. The first-order valence-corrected chi connectivity index (χ1v) is 9.07. The van der Waals surface area contributed by atoms with Crippen molar-refractivity contribution in [1.82, 2.24) is 5.32 Å². The molecule has 0 saturated heterocycles. The summed E-state index contributed by atoms with van der Waals surface area (Å²) >= 11 is 0. The molecule has 26 heavy (non-hydrogen) atoms. The van der Waals surface area contributed by atoms with E-state index >= 15 is 0 Å². The number of fused-ring (bicyclic) bond motifs is 2. The van der Waals surface area contributed by atoms with Crippen LogP contribution in [0.15, 0.2) is 30.4 Å². The third kappa shape index (κ3) is 3.00. The fourth-order valence-electron chi connectivity index (χ4n) is 4.13. The average molecular weight is 354 g/mol. The summed E-state index contributed by atoms with van der Waals surface area (Å²) in [5.41, 5.74) is 1.90. The molecule has 1 aromatic carbocycles. The number of nitrogens with one attached hydrogen (secondary N) is 2. The second kappa shape index (κ2) is 6.27. The lowest BCUT2D eigenvalue weighted by molar-refractivity contribution is -0.146. The third-order valence-electron chi connectivity index (χ3n) is 5.72. The maximum Gasteiger partial charge on any atom is 0.307 e. The number of allylic oxidation sites excluding steroid dienone is 2. The maximum atomic E-state index is 12.8. The molecule has 2 saturated carbocycles. The van der Waals surface area contributed by atoms with Crippen LogP contribution in [-0.4, -0.2) is 28.9 Å². The van der Waals surface area contributed by atoms with Crippen molar-refractivity contribution in [1.29, 1.82) is 0 Å². The lowest BCUT2D eigenvalue weighted by atomic mass is 9.82. The molecule has 0 radical (unpaired) electrons. The molecule has 1 aromatic rings. The second-order valence-electron chi connectivity index (χ2n) is 7.60. The molecule has 4 atom stereocenters. The van der Waals surface area contributed by atoms with Crippen LogP contribution in [0, 0.1) is 30.6 Å². The Morgan fingerprint density at radius 2 is 1.77 bits per heavy atom. The number of aliphatic carboxylic acids is 1. The molecule has 2 amide bonds. The summed E-state index contributed by atoms with van der Waals surface area (Å²) in [7, 11) is 0. The highest BCUT2D eigenvalue weighted by Crippen LogP contribution is 2.48. The molecule has 0 unspecified atom stereocenters. The molecule has 6 nitrogen and oxygen atoms in total. The van der Waals surface area contributed by atoms with Gasteiger partial charge in [0.15, 0.2) is 0 Å². The van der Waals surface area contributed by atoms with Crippen molar-refractivity contribution in [2.24, 2.45) is 23.7 Å². The smallest absolute Gasteiger partial charge is 0.307 e. The number of carboxylic acids is 1. The highest BCUT2D eigenvalue weighted by atomic mass is 16.4. The molecule has 4 rings (SSSR count). The number of anilines is 1. The molecular formula is C20H22N2O4. The Bertz CT molecular complexity index is 812. The van der Waals surface area contributed by atoms with Gasteiger partial charge in [-0.3, -0.25) is 14.4 Å². The molecule has 136 valence electrons. The molecule has 6 heteroatoms. The first-order chi connectivity index (χ1) is 12.4. The molecule has 3 N–H and O–H groups in total. The Kier molecular flexibility index (Phi) is 4.05. The Morgan fingerprint density at radius 1 is 1.08 bits per heavy atom. The van der Waals surface area contributed by atoms with Gasteiger partial charge in [0.2, 0.25) is 5.91 Å². The molecule has 2 bridgehead atoms. The SMILES string of the molecule is Cc1ccc(C(=O)NC2CC2)cc1NC(=O)[C@H]1[C@H](C(=O)O)[C@H]2C=C[C@H]1C2. The molecular weight excluding hydrogens is 332 g/mol. The Morgan fingerprint density at radius 3 is 2.42 bits per heavy atom. The van der Waals surface area contributed by atoms with E-state index in [1.807, 2.05) is 19.1 Å². The Hall–Kier alpha value is -2.63. The minimum Gasteiger partial charge on any atom is -0.481 e. The van der Waals surface area contributed by atoms with Crippen LogP contribution in [0.25, 0.3) is 0 Å². The van der Waals surface area contributed by atoms with Gasteiger partial charge in [0.05, 0.1) is 11.8 Å². The van der Waals surface area contributed by atoms with Crippen LogP contribution in [0.2, 0.25) is 0 Å². The van der Waals surface area contributed by atoms with Gasteiger partial charge in [0, 0.05) is 17.3 Å². The summed E-state index contributed by atoms with van der Waals surface area (Å²) in [4.78, 5) is 36.7. The normalized spacial score (nSPS) is 28.8. The van der Waals surface area contributed by atoms with Crippen LogP contribution < -0.4 is 10.6 Å². The quantitative estimate of drug-likeness (QED) is 0.707. The lowest BCUT2D eigenvalue weighted by Gasteiger charge is -2.24. The zero-order chi connectivity index (χ0) is 18.4. The molecule has 2 fully saturated rings. The van der Waals surface area contributed by atoms with Crippen LogP contribution in [-0.2, 0) is 9.59 Å². The lowest BCUT2D eigenvalue weighted by Crippen LogP contribution is -2.36. The van der Waals surface area contributed by atoms with Gasteiger partial charge in [0.1, 0.15) is 0 Å². The molecule has 0 aliphatic heterocycles. The van der Waals surface area contributed by atoms with Gasteiger partial charge >= 0.3 is 5.97 Å². The number of rotatable bonds is 5. The molecule has 3 aliphatic rings.